The summed E-state index contributed by atoms with van der Waals surface area (Å²) in [4.78, 5) is 4.26. The standard InChI is InChI=1S/C14H14ClN3O/c1-18-7-6-17-13(18)9-16-8-11-10-4-2-3-5-12(10)19-14(11)15/h2-7,16H,8-9H2,1H3. The van der Waals surface area contributed by atoms with Crippen LogP contribution in [0, 0.1) is 0 Å². The van der Waals surface area contributed by atoms with Gasteiger partial charge in [-0.05, 0) is 17.7 Å². The number of hydrogen-bond acceptors (Lipinski definition) is 3. The van der Waals surface area contributed by atoms with E-state index in [1.165, 1.54) is 0 Å². The molecule has 0 aliphatic carbocycles. The number of para-hydroxylation sites is 1. The van der Waals surface area contributed by atoms with E-state index in [1.807, 2.05) is 42.1 Å². The van der Waals surface area contributed by atoms with Crippen LogP contribution in [-0.2, 0) is 20.1 Å². The van der Waals surface area contributed by atoms with Crippen LogP contribution >= 0.6 is 11.6 Å². The van der Waals surface area contributed by atoms with Gasteiger partial charge in [0.25, 0.3) is 0 Å². The number of benzene rings is 1. The maximum atomic E-state index is 6.13. The fourth-order valence-electron chi connectivity index (χ4n) is 2.10. The van der Waals surface area contributed by atoms with Crippen LogP contribution in [0.15, 0.2) is 41.1 Å². The van der Waals surface area contributed by atoms with Gasteiger partial charge >= 0.3 is 0 Å². The molecule has 0 aliphatic rings. The number of fused-ring (bicyclic) bond motifs is 1. The minimum atomic E-state index is 0.452. The number of nitrogens with zero attached hydrogens (tertiary/aromatic N) is 2. The molecule has 5 heteroatoms. The van der Waals surface area contributed by atoms with Gasteiger partial charge < -0.3 is 14.3 Å². The lowest BCUT2D eigenvalue weighted by atomic mass is 10.2. The van der Waals surface area contributed by atoms with Gasteiger partial charge in [-0.15, -0.1) is 0 Å². The lowest BCUT2D eigenvalue weighted by molar-refractivity contribution is 0.597. The fourth-order valence-corrected chi connectivity index (χ4v) is 2.35. The van der Waals surface area contributed by atoms with Gasteiger partial charge in [0, 0.05) is 36.9 Å². The molecular formula is C14H14ClN3O. The Morgan fingerprint density at radius 1 is 1.32 bits per heavy atom. The normalized spacial score (nSPS) is 11.3. The van der Waals surface area contributed by atoms with Gasteiger partial charge in [0.05, 0.1) is 6.54 Å². The van der Waals surface area contributed by atoms with Crippen molar-refractivity contribution in [2.75, 3.05) is 0 Å². The highest BCUT2D eigenvalue weighted by Gasteiger charge is 2.11. The Labute approximate surface area is 116 Å². The summed E-state index contributed by atoms with van der Waals surface area (Å²) in [6.07, 6.45) is 3.72. The van der Waals surface area contributed by atoms with Crippen LogP contribution in [0.5, 0.6) is 0 Å². The maximum Gasteiger partial charge on any atom is 0.199 e. The Bertz CT molecular complexity index is 702. The molecule has 2 aromatic heterocycles. The first-order chi connectivity index (χ1) is 9.25. The molecule has 2 heterocycles. The molecule has 3 rings (SSSR count). The molecule has 0 saturated carbocycles. The highest BCUT2D eigenvalue weighted by molar-refractivity contribution is 6.30. The zero-order valence-electron chi connectivity index (χ0n) is 10.6. The molecule has 0 radical (unpaired) electrons. The first-order valence-electron chi connectivity index (χ1n) is 6.08. The fraction of sp³-hybridized carbons (Fsp3) is 0.214. The second-order valence-corrected chi connectivity index (χ2v) is 4.75. The van der Waals surface area contributed by atoms with E-state index in [2.05, 4.69) is 10.3 Å². The highest BCUT2D eigenvalue weighted by atomic mass is 35.5. The zero-order valence-corrected chi connectivity index (χ0v) is 11.3. The molecule has 0 atom stereocenters. The number of furan rings is 1. The van der Waals surface area contributed by atoms with Crippen LogP contribution < -0.4 is 5.32 Å². The second kappa shape index (κ2) is 5.07. The van der Waals surface area contributed by atoms with Gasteiger partial charge in [-0.25, -0.2) is 4.98 Å². The topological polar surface area (TPSA) is 43.0 Å². The van der Waals surface area contributed by atoms with E-state index in [0.717, 1.165) is 22.4 Å². The highest BCUT2D eigenvalue weighted by Crippen LogP contribution is 2.29. The zero-order chi connectivity index (χ0) is 13.2. The van der Waals surface area contributed by atoms with E-state index < -0.39 is 0 Å². The van der Waals surface area contributed by atoms with Crippen molar-refractivity contribution in [1.82, 2.24) is 14.9 Å². The first kappa shape index (κ1) is 12.3. The smallest absolute Gasteiger partial charge is 0.199 e. The summed E-state index contributed by atoms with van der Waals surface area (Å²) in [7, 11) is 1.98. The van der Waals surface area contributed by atoms with Crippen LogP contribution in [0.25, 0.3) is 11.0 Å². The molecule has 0 fully saturated rings. The van der Waals surface area contributed by atoms with Crippen molar-refractivity contribution in [2.45, 2.75) is 13.1 Å². The molecule has 0 bridgehead atoms. The van der Waals surface area contributed by atoms with E-state index >= 15 is 0 Å². The summed E-state index contributed by atoms with van der Waals surface area (Å²) in [5.41, 5.74) is 1.81. The predicted octanol–water partition coefficient (Wildman–Crippen LogP) is 3.11. The minimum Gasteiger partial charge on any atom is -0.444 e. The molecule has 1 aromatic carbocycles. The Balaban J connectivity index is 1.75. The van der Waals surface area contributed by atoms with Gasteiger partial charge in [0.1, 0.15) is 11.4 Å². The first-order valence-corrected chi connectivity index (χ1v) is 6.46. The molecular weight excluding hydrogens is 262 g/mol. The Morgan fingerprint density at radius 3 is 2.95 bits per heavy atom. The number of nitrogens with one attached hydrogen (secondary N) is 1. The molecule has 98 valence electrons. The quantitative estimate of drug-likeness (QED) is 0.796. The van der Waals surface area contributed by atoms with Gasteiger partial charge in [-0.3, -0.25) is 0 Å². The third kappa shape index (κ3) is 2.37. The maximum absolute atomic E-state index is 6.13. The number of imidazole rings is 1. The molecule has 0 saturated heterocycles. The van der Waals surface area contributed by atoms with Crippen LogP contribution in [-0.4, -0.2) is 9.55 Å². The average Bonchev–Trinajstić information content (AvgIpc) is 2.94. The Kier molecular flexibility index (Phi) is 3.27. The molecule has 0 spiro atoms. The molecule has 0 unspecified atom stereocenters. The van der Waals surface area contributed by atoms with Crippen molar-refractivity contribution < 1.29 is 4.42 Å². The average molecular weight is 276 g/mol. The van der Waals surface area contributed by atoms with E-state index in [4.69, 9.17) is 16.0 Å². The summed E-state index contributed by atoms with van der Waals surface area (Å²) in [6.45, 7) is 1.35. The van der Waals surface area contributed by atoms with Crippen molar-refractivity contribution in [3.05, 3.63) is 53.3 Å². The van der Waals surface area contributed by atoms with Gasteiger partial charge in [0.15, 0.2) is 5.22 Å². The third-order valence-corrected chi connectivity index (χ3v) is 3.46. The molecule has 4 nitrogen and oxygen atoms in total. The number of aromatic nitrogens is 2. The third-order valence-electron chi connectivity index (χ3n) is 3.15. The summed E-state index contributed by atoms with van der Waals surface area (Å²) in [6, 6.07) is 7.86. The molecule has 0 amide bonds. The van der Waals surface area contributed by atoms with Crippen molar-refractivity contribution in [1.29, 1.82) is 0 Å². The minimum absolute atomic E-state index is 0.452. The molecule has 0 aliphatic heterocycles. The van der Waals surface area contributed by atoms with Crippen molar-refractivity contribution in [3.63, 3.8) is 0 Å². The van der Waals surface area contributed by atoms with Crippen molar-refractivity contribution >= 4 is 22.6 Å². The number of hydrogen-bond donors (Lipinski definition) is 1. The van der Waals surface area contributed by atoms with Crippen LogP contribution in [0.3, 0.4) is 0 Å². The van der Waals surface area contributed by atoms with Crippen LogP contribution in [0.2, 0.25) is 5.22 Å². The molecule has 3 aromatic rings. The van der Waals surface area contributed by atoms with E-state index in [0.29, 0.717) is 18.3 Å². The summed E-state index contributed by atoms with van der Waals surface area (Å²) in [5.74, 6) is 0.990. The van der Waals surface area contributed by atoms with E-state index in [-0.39, 0.29) is 0 Å². The van der Waals surface area contributed by atoms with Crippen molar-refractivity contribution in [3.8, 4) is 0 Å². The van der Waals surface area contributed by atoms with Gasteiger partial charge in [-0.1, -0.05) is 18.2 Å². The number of aryl methyl sites for hydroxylation is 1. The van der Waals surface area contributed by atoms with Crippen LogP contribution in [0.4, 0.5) is 0 Å². The number of halogens is 1. The Hall–Kier alpha value is -1.78. The number of rotatable bonds is 4. The largest absolute Gasteiger partial charge is 0.444 e. The lowest BCUT2D eigenvalue weighted by Crippen LogP contribution is -2.15. The molecule has 19 heavy (non-hydrogen) atoms. The second-order valence-electron chi connectivity index (χ2n) is 4.41. The van der Waals surface area contributed by atoms with Crippen LogP contribution in [0.1, 0.15) is 11.4 Å². The van der Waals surface area contributed by atoms with Gasteiger partial charge in [-0.2, -0.15) is 0 Å². The van der Waals surface area contributed by atoms with E-state index in [1.54, 1.807) is 6.20 Å². The Morgan fingerprint density at radius 2 is 2.16 bits per heavy atom. The monoisotopic (exact) mass is 275 g/mol. The van der Waals surface area contributed by atoms with Crippen molar-refractivity contribution in [2.24, 2.45) is 7.05 Å². The lowest BCUT2D eigenvalue weighted by Gasteiger charge is -2.04. The molecule has 1 N–H and O–H groups in total. The summed E-state index contributed by atoms with van der Waals surface area (Å²) >= 11 is 6.13. The van der Waals surface area contributed by atoms with E-state index in [9.17, 15) is 0 Å². The summed E-state index contributed by atoms with van der Waals surface area (Å²) < 4.78 is 7.50. The summed E-state index contributed by atoms with van der Waals surface area (Å²) in [5, 5.41) is 4.84. The predicted molar refractivity (Wildman–Crippen MR) is 75.0 cm³/mol. The SMILES string of the molecule is Cn1ccnc1CNCc1c(Cl)oc2ccccc12. The van der Waals surface area contributed by atoms with Gasteiger partial charge in [0.2, 0.25) is 0 Å².